The van der Waals surface area contributed by atoms with Crippen LogP contribution < -0.4 is 10.5 Å². The molecule has 0 unspecified atom stereocenters. The summed E-state index contributed by atoms with van der Waals surface area (Å²) in [4.78, 5) is 0. The van der Waals surface area contributed by atoms with Gasteiger partial charge in [-0.15, -0.1) is 0 Å². The minimum absolute atomic E-state index is 0.183. The second-order valence-electron chi connectivity index (χ2n) is 4.40. The number of ether oxygens (including phenoxy) is 2. The molecule has 2 N–H and O–H groups in total. The summed E-state index contributed by atoms with van der Waals surface area (Å²) in [5, 5.41) is 0. The summed E-state index contributed by atoms with van der Waals surface area (Å²) in [5.41, 5.74) is 8.51. The smallest absolute Gasteiger partial charge is 0.124 e. The highest BCUT2D eigenvalue weighted by atomic mass is 16.5. The predicted molar refractivity (Wildman–Crippen MR) is 63.7 cm³/mol. The molecule has 0 spiro atoms. The molecule has 0 aromatic heterocycles. The first-order valence-corrected chi connectivity index (χ1v) is 5.63. The number of nitrogens with two attached hydrogens (primary N) is 1. The summed E-state index contributed by atoms with van der Waals surface area (Å²) in [5.74, 6) is 0.902. The molecule has 0 atom stereocenters. The van der Waals surface area contributed by atoms with E-state index in [0.29, 0.717) is 13.2 Å². The first-order valence-electron chi connectivity index (χ1n) is 5.63. The lowest BCUT2D eigenvalue weighted by atomic mass is 9.91. The van der Waals surface area contributed by atoms with E-state index < -0.39 is 0 Å². The molecule has 0 bridgehead atoms. The Kier molecular flexibility index (Phi) is 3.17. The van der Waals surface area contributed by atoms with E-state index in [0.717, 1.165) is 11.3 Å². The molecule has 1 aromatic carbocycles. The van der Waals surface area contributed by atoms with E-state index in [1.807, 2.05) is 12.1 Å². The van der Waals surface area contributed by atoms with Gasteiger partial charge in [0.15, 0.2) is 0 Å². The van der Waals surface area contributed by atoms with Gasteiger partial charge < -0.3 is 15.2 Å². The molecule has 3 nitrogen and oxygen atoms in total. The van der Waals surface area contributed by atoms with Gasteiger partial charge in [-0.05, 0) is 24.5 Å². The average Bonchev–Trinajstić information content (AvgIpc) is 3.10. The van der Waals surface area contributed by atoms with Crippen molar-refractivity contribution in [1.82, 2.24) is 0 Å². The molecule has 1 aliphatic rings. The van der Waals surface area contributed by atoms with Crippen molar-refractivity contribution in [3.8, 4) is 5.75 Å². The average molecular weight is 221 g/mol. The number of benzene rings is 1. The van der Waals surface area contributed by atoms with Gasteiger partial charge in [-0.25, -0.2) is 0 Å². The monoisotopic (exact) mass is 221 g/mol. The fourth-order valence-corrected chi connectivity index (χ4v) is 2.28. The molecule has 1 saturated carbocycles. The molecule has 88 valence electrons. The molecule has 1 fully saturated rings. The van der Waals surface area contributed by atoms with E-state index in [4.69, 9.17) is 15.2 Å². The van der Waals surface area contributed by atoms with E-state index in [9.17, 15) is 0 Å². The van der Waals surface area contributed by atoms with Crippen LogP contribution in [0.25, 0.3) is 0 Å². The summed E-state index contributed by atoms with van der Waals surface area (Å²) in [7, 11) is 3.40. The van der Waals surface area contributed by atoms with Crippen molar-refractivity contribution in [1.29, 1.82) is 0 Å². The van der Waals surface area contributed by atoms with Crippen LogP contribution in [0.15, 0.2) is 18.2 Å². The van der Waals surface area contributed by atoms with Crippen LogP contribution in [0.2, 0.25) is 0 Å². The molecule has 1 aliphatic carbocycles. The minimum atomic E-state index is 0.183. The number of methoxy groups -OCH3 is 2. The zero-order valence-electron chi connectivity index (χ0n) is 9.95. The van der Waals surface area contributed by atoms with Crippen LogP contribution in [-0.4, -0.2) is 20.8 Å². The van der Waals surface area contributed by atoms with Gasteiger partial charge in [0.25, 0.3) is 0 Å². The molecule has 0 heterocycles. The Morgan fingerprint density at radius 1 is 1.31 bits per heavy atom. The topological polar surface area (TPSA) is 44.5 Å². The highest BCUT2D eigenvalue weighted by Gasteiger charge is 2.44. The molecular weight excluding hydrogens is 202 g/mol. The molecule has 2 rings (SSSR count). The van der Waals surface area contributed by atoms with Crippen LogP contribution in [0.3, 0.4) is 0 Å². The Labute approximate surface area is 96.5 Å². The van der Waals surface area contributed by atoms with Crippen LogP contribution >= 0.6 is 0 Å². The zero-order valence-corrected chi connectivity index (χ0v) is 9.95. The van der Waals surface area contributed by atoms with Crippen molar-refractivity contribution in [3.05, 3.63) is 29.3 Å². The first-order chi connectivity index (χ1) is 7.77. The first kappa shape index (κ1) is 11.4. The fourth-order valence-electron chi connectivity index (χ4n) is 2.28. The van der Waals surface area contributed by atoms with Gasteiger partial charge in [-0.3, -0.25) is 0 Å². The van der Waals surface area contributed by atoms with Gasteiger partial charge >= 0.3 is 0 Å². The maximum atomic E-state index is 5.88. The van der Waals surface area contributed by atoms with E-state index >= 15 is 0 Å². The second-order valence-corrected chi connectivity index (χ2v) is 4.40. The second kappa shape index (κ2) is 4.44. The molecule has 1 aromatic rings. The third kappa shape index (κ3) is 1.81. The molecule has 0 aliphatic heterocycles. The summed E-state index contributed by atoms with van der Waals surface area (Å²) >= 11 is 0. The van der Waals surface area contributed by atoms with Gasteiger partial charge in [-0.2, -0.15) is 0 Å². The van der Waals surface area contributed by atoms with Crippen molar-refractivity contribution in [2.75, 3.05) is 20.8 Å². The van der Waals surface area contributed by atoms with Gasteiger partial charge in [0.2, 0.25) is 0 Å². The fraction of sp³-hybridized carbons (Fsp3) is 0.538. The molecule has 0 amide bonds. The summed E-state index contributed by atoms with van der Waals surface area (Å²) < 4.78 is 10.6. The van der Waals surface area contributed by atoms with Crippen molar-refractivity contribution in [2.45, 2.75) is 24.9 Å². The quantitative estimate of drug-likeness (QED) is 0.825. The van der Waals surface area contributed by atoms with Gasteiger partial charge in [-0.1, -0.05) is 12.1 Å². The standard InChI is InChI=1S/C13H19NO2/c1-15-8-10-11(13(9-14)6-7-13)4-3-5-12(10)16-2/h3-5H,6-9,14H2,1-2H3. The SMILES string of the molecule is COCc1c(OC)cccc1C1(CN)CC1. The summed E-state index contributed by atoms with van der Waals surface area (Å²) in [6.07, 6.45) is 2.35. The van der Waals surface area contributed by atoms with Crippen LogP contribution in [0.1, 0.15) is 24.0 Å². The molecule has 0 saturated heterocycles. The summed E-state index contributed by atoms with van der Waals surface area (Å²) in [6, 6.07) is 6.16. The molecule has 3 heteroatoms. The molecular formula is C13H19NO2. The molecule has 16 heavy (non-hydrogen) atoms. The minimum Gasteiger partial charge on any atom is -0.496 e. The van der Waals surface area contributed by atoms with Gasteiger partial charge in [0, 0.05) is 24.6 Å². The highest BCUT2D eigenvalue weighted by Crippen LogP contribution is 2.49. The van der Waals surface area contributed by atoms with Gasteiger partial charge in [0.05, 0.1) is 13.7 Å². The Morgan fingerprint density at radius 2 is 2.06 bits per heavy atom. The number of hydrogen-bond acceptors (Lipinski definition) is 3. The van der Waals surface area contributed by atoms with Crippen molar-refractivity contribution in [3.63, 3.8) is 0 Å². The van der Waals surface area contributed by atoms with Crippen molar-refractivity contribution < 1.29 is 9.47 Å². The van der Waals surface area contributed by atoms with Crippen LogP contribution in [0, 0.1) is 0 Å². The Bertz CT molecular complexity index is 372. The third-order valence-electron chi connectivity index (χ3n) is 3.46. The van der Waals surface area contributed by atoms with Crippen LogP contribution in [0.5, 0.6) is 5.75 Å². The maximum absolute atomic E-state index is 5.88. The lowest BCUT2D eigenvalue weighted by Gasteiger charge is -2.19. The Balaban J connectivity index is 2.43. The van der Waals surface area contributed by atoms with E-state index in [2.05, 4.69) is 6.07 Å². The molecule has 0 radical (unpaired) electrons. The number of rotatable bonds is 5. The maximum Gasteiger partial charge on any atom is 0.124 e. The van der Waals surface area contributed by atoms with Crippen LogP contribution in [-0.2, 0) is 16.8 Å². The highest BCUT2D eigenvalue weighted by molar-refractivity contribution is 5.46. The van der Waals surface area contributed by atoms with E-state index in [1.54, 1.807) is 14.2 Å². The third-order valence-corrected chi connectivity index (χ3v) is 3.46. The van der Waals surface area contributed by atoms with E-state index in [-0.39, 0.29) is 5.41 Å². The zero-order chi connectivity index (χ0) is 11.6. The summed E-state index contributed by atoms with van der Waals surface area (Å²) in [6.45, 7) is 1.29. The lowest BCUT2D eigenvalue weighted by molar-refractivity contribution is 0.180. The van der Waals surface area contributed by atoms with E-state index in [1.165, 1.54) is 18.4 Å². The predicted octanol–water partition coefficient (Wildman–Crippen LogP) is 1.83. The van der Waals surface area contributed by atoms with Gasteiger partial charge in [0.1, 0.15) is 5.75 Å². The van der Waals surface area contributed by atoms with Crippen molar-refractivity contribution in [2.24, 2.45) is 5.73 Å². The normalized spacial score (nSPS) is 17.2. The lowest BCUT2D eigenvalue weighted by Crippen LogP contribution is -2.21. The number of hydrogen-bond donors (Lipinski definition) is 1. The van der Waals surface area contributed by atoms with Crippen molar-refractivity contribution >= 4 is 0 Å². The largest absolute Gasteiger partial charge is 0.496 e. The Morgan fingerprint density at radius 3 is 2.56 bits per heavy atom. The Hall–Kier alpha value is -1.06. The van der Waals surface area contributed by atoms with Crippen LogP contribution in [0.4, 0.5) is 0 Å².